The van der Waals surface area contributed by atoms with Crippen molar-refractivity contribution < 1.29 is 23.7 Å². The van der Waals surface area contributed by atoms with Gasteiger partial charge in [-0.2, -0.15) is 0 Å². The van der Waals surface area contributed by atoms with Crippen LogP contribution in [-0.4, -0.2) is 81.4 Å². The van der Waals surface area contributed by atoms with Gasteiger partial charge < -0.3 is 24.3 Å². The van der Waals surface area contributed by atoms with E-state index < -0.39 is 11.2 Å². The van der Waals surface area contributed by atoms with E-state index >= 15 is 0 Å². The smallest absolute Gasteiger partial charge is 0.230 e. The Hall–Kier alpha value is -0.730. The van der Waals surface area contributed by atoms with E-state index in [9.17, 15) is 4.79 Å². The monoisotopic (exact) mass is 328 g/mol. The number of amides is 1. The maximum Gasteiger partial charge on any atom is 0.230 e. The summed E-state index contributed by atoms with van der Waals surface area (Å²) in [4.78, 5) is 15.0. The van der Waals surface area contributed by atoms with Crippen molar-refractivity contribution in [2.24, 2.45) is 5.41 Å². The number of nitrogens with one attached hydrogen (secondary N) is 1. The van der Waals surface area contributed by atoms with Crippen LogP contribution in [0.1, 0.15) is 20.8 Å². The third-order valence-corrected chi connectivity index (χ3v) is 5.03. The third-order valence-electron chi connectivity index (χ3n) is 5.03. The summed E-state index contributed by atoms with van der Waals surface area (Å²) in [5, 5.41) is 3.08. The summed E-state index contributed by atoms with van der Waals surface area (Å²) < 4.78 is 22.6. The molecule has 3 fully saturated rings. The molecule has 3 aliphatic rings. The van der Waals surface area contributed by atoms with Gasteiger partial charge in [0.05, 0.1) is 50.6 Å². The quantitative estimate of drug-likeness (QED) is 0.786. The summed E-state index contributed by atoms with van der Waals surface area (Å²) in [6.07, 6.45) is 0. The first-order valence-electron chi connectivity index (χ1n) is 8.32. The van der Waals surface area contributed by atoms with Gasteiger partial charge in [0.2, 0.25) is 5.91 Å². The summed E-state index contributed by atoms with van der Waals surface area (Å²) in [6.45, 7) is 11.3. The van der Waals surface area contributed by atoms with E-state index in [-0.39, 0.29) is 11.4 Å². The van der Waals surface area contributed by atoms with Crippen LogP contribution in [-0.2, 0) is 23.7 Å². The van der Waals surface area contributed by atoms with Gasteiger partial charge in [-0.3, -0.25) is 9.69 Å². The zero-order chi connectivity index (χ0) is 16.6. The van der Waals surface area contributed by atoms with Crippen LogP contribution in [0.3, 0.4) is 0 Å². The van der Waals surface area contributed by atoms with E-state index in [1.807, 2.05) is 20.8 Å². The Morgan fingerprint density at radius 1 is 1.00 bits per heavy atom. The molecule has 3 saturated heterocycles. The van der Waals surface area contributed by atoms with Gasteiger partial charge in [0.25, 0.3) is 0 Å². The molecular formula is C16H28N2O5. The number of hydrogen-bond acceptors (Lipinski definition) is 6. The Balaban J connectivity index is 1.59. The molecule has 1 amide bonds. The van der Waals surface area contributed by atoms with E-state index in [0.717, 1.165) is 26.3 Å². The fourth-order valence-electron chi connectivity index (χ4n) is 3.24. The first-order valence-corrected chi connectivity index (χ1v) is 8.32. The zero-order valence-electron chi connectivity index (χ0n) is 14.4. The molecule has 7 heteroatoms. The summed E-state index contributed by atoms with van der Waals surface area (Å²) in [6, 6.07) is 0. The van der Waals surface area contributed by atoms with Gasteiger partial charge in [-0.25, -0.2) is 0 Å². The Bertz CT molecular complexity index is 432. The van der Waals surface area contributed by atoms with Crippen molar-refractivity contribution in [3.8, 4) is 0 Å². The van der Waals surface area contributed by atoms with Crippen molar-refractivity contribution in [2.75, 3.05) is 59.3 Å². The zero-order valence-corrected chi connectivity index (χ0v) is 14.4. The van der Waals surface area contributed by atoms with Crippen molar-refractivity contribution in [3.63, 3.8) is 0 Å². The lowest BCUT2D eigenvalue weighted by Gasteiger charge is -2.49. The number of carbonyl (C=O) groups excluding carboxylic acids is 1. The van der Waals surface area contributed by atoms with Crippen LogP contribution in [0.2, 0.25) is 0 Å². The lowest BCUT2D eigenvalue weighted by Crippen LogP contribution is -2.68. The van der Waals surface area contributed by atoms with Crippen LogP contribution in [0.15, 0.2) is 0 Å². The molecule has 0 spiro atoms. The highest BCUT2D eigenvalue weighted by molar-refractivity contribution is 5.82. The van der Waals surface area contributed by atoms with E-state index in [1.54, 1.807) is 0 Å². The van der Waals surface area contributed by atoms with Crippen LogP contribution in [0.5, 0.6) is 0 Å². The molecule has 0 unspecified atom stereocenters. The molecule has 0 radical (unpaired) electrons. The highest BCUT2D eigenvalue weighted by atomic mass is 16.7. The molecule has 0 atom stereocenters. The van der Waals surface area contributed by atoms with Crippen molar-refractivity contribution in [1.82, 2.24) is 10.2 Å². The molecule has 132 valence electrons. The molecule has 3 heterocycles. The molecule has 0 aromatic heterocycles. The first kappa shape index (κ1) is 17.1. The van der Waals surface area contributed by atoms with Crippen LogP contribution >= 0.6 is 0 Å². The number of fused-ring (bicyclic) bond motifs is 1. The second-order valence-corrected chi connectivity index (χ2v) is 7.54. The summed E-state index contributed by atoms with van der Waals surface area (Å²) in [7, 11) is 0. The molecule has 3 aliphatic heterocycles. The fourth-order valence-corrected chi connectivity index (χ4v) is 3.24. The standard InChI is InChI=1S/C16H28N2O5/c1-14(2)22-9-15(3,10-23-14)13(19)17-8-16-11-20-6-4-18(16)5-7-21-12-16/h4-12H2,1-3H3,(H,17,19). The fraction of sp³-hybridized carbons (Fsp3) is 0.938. The van der Waals surface area contributed by atoms with Crippen LogP contribution in [0, 0.1) is 5.41 Å². The molecule has 0 aromatic rings. The maximum absolute atomic E-state index is 12.7. The third kappa shape index (κ3) is 3.53. The molecule has 3 rings (SSSR count). The minimum absolute atomic E-state index is 0.0431. The molecule has 23 heavy (non-hydrogen) atoms. The summed E-state index contributed by atoms with van der Waals surface area (Å²) in [5.41, 5.74) is -0.916. The number of morpholine rings is 2. The maximum atomic E-state index is 12.7. The predicted octanol–water partition coefficient (Wildman–Crippen LogP) is -0.00700. The Labute approximate surface area is 137 Å². The Morgan fingerprint density at radius 3 is 2.13 bits per heavy atom. The average Bonchev–Trinajstić information content (AvgIpc) is 2.55. The number of ether oxygens (including phenoxy) is 4. The van der Waals surface area contributed by atoms with Gasteiger partial charge in [-0.05, 0) is 20.8 Å². The van der Waals surface area contributed by atoms with Gasteiger partial charge in [-0.15, -0.1) is 0 Å². The molecular weight excluding hydrogens is 300 g/mol. The molecule has 0 bridgehead atoms. The van der Waals surface area contributed by atoms with Crippen LogP contribution < -0.4 is 5.32 Å². The van der Waals surface area contributed by atoms with Crippen molar-refractivity contribution in [1.29, 1.82) is 0 Å². The number of hydrogen-bond donors (Lipinski definition) is 1. The van der Waals surface area contributed by atoms with Gasteiger partial charge in [-0.1, -0.05) is 0 Å². The van der Waals surface area contributed by atoms with Gasteiger partial charge >= 0.3 is 0 Å². The second-order valence-electron chi connectivity index (χ2n) is 7.54. The molecule has 1 N–H and O–H groups in total. The normalized spacial score (nSPS) is 29.5. The van der Waals surface area contributed by atoms with Gasteiger partial charge in [0, 0.05) is 19.6 Å². The lowest BCUT2D eigenvalue weighted by atomic mass is 9.89. The van der Waals surface area contributed by atoms with Gasteiger partial charge in [0.15, 0.2) is 5.79 Å². The minimum atomic E-state index is -0.665. The highest BCUT2D eigenvalue weighted by Crippen LogP contribution is 2.30. The summed E-state index contributed by atoms with van der Waals surface area (Å²) in [5.74, 6) is -0.664. The van der Waals surface area contributed by atoms with E-state index in [4.69, 9.17) is 18.9 Å². The lowest BCUT2D eigenvalue weighted by molar-refractivity contribution is -0.277. The number of carbonyl (C=O) groups is 1. The van der Waals surface area contributed by atoms with E-state index in [2.05, 4.69) is 10.2 Å². The average molecular weight is 328 g/mol. The molecule has 0 aromatic carbocycles. The minimum Gasteiger partial charge on any atom is -0.378 e. The van der Waals surface area contributed by atoms with E-state index in [1.165, 1.54) is 0 Å². The Morgan fingerprint density at radius 2 is 1.57 bits per heavy atom. The van der Waals surface area contributed by atoms with Crippen molar-refractivity contribution in [3.05, 3.63) is 0 Å². The largest absolute Gasteiger partial charge is 0.378 e. The van der Waals surface area contributed by atoms with Gasteiger partial charge in [0.1, 0.15) is 0 Å². The summed E-state index contributed by atoms with van der Waals surface area (Å²) >= 11 is 0. The highest BCUT2D eigenvalue weighted by Gasteiger charge is 2.46. The molecule has 0 aliphatic carbocycles. The van der Waals surface area contributed by atoms with Crippen molar-refractivity contribution >= 4 is 5.91 Å². The SMILES string of the molecule is CC1(C)OCC(C)(C(=O)NCC23COCCN2CCOC3)CO1. The Kier molecular flexibility index (Phi) is 4.68. The topological polar surface area (TPSA) is 69.3 Å². The van der Waals surface area contributed by atoms with Crippen LogP contribution in [0.4, 0.5) is 0 Å². The number of rotatable bonds is 3. The number of nitrogens with zero attached hydrogens (tertiary/aromatic N) is 1. The van der Waals surface area contributed by atoms with Crippen LogP contribution in [0.25, 0.3) is 0 Å². The second kappa shape index (κ2) is 6.29. The van der Waals surface area contributed by atoms with Crippen molar-refractivity contribution in [2.45, 2.75) is 32.1 Å². The predicted molar refractivity (Wildman–Crippen MR) is 83.0 cm³/mol. The molecule has 7 nitrogen and oxygen atoms in total. The van der Waals surface area contributed by atoms with E-state index in [0.29, 0.717) is 33.0 Å². The first-order chi connectivity index (χ1) is 10.9. The molecule has 0 saturated carbocycles.